The van der Waals surface area contributed by atoms with Crippen molar-refractivity contribution in [2.75, 3.05) is 0 Å². The molecule has 0 saturated carbocycles. The van der Waals surface area contributed by atoms with Gasteiger partial charge in [0.1, 0.15) is 0 Å². The van der Waals surface area contributed by atoms with Gasteiger partial charge in [0.25, 0.3) is 0 Å². The van der Waals surface area contributed by atoms with E-state index in [-0.39, 0.29) is 27.8 Å². The quantitative estimate of drug-likeness (QED) is 0.763. The molecule has 1 nitrogen and oxygen atoms in total. The summed E-state index contributed by atoms with van der Waals surface area (Å²) >= 11 is -0.0838. The van der Waals surface area contributed by atoms with Crippen LogP contribution in [0.3, 0.4) is 0 Å². The van der Waals surface area contributed by atoms with Crippen LogP contribution in [-0.2, 0) is 6.61 Å². The first-order valence-corrected chi connectivity index (χ1v) is 7.35. The largest absolute Gasteiger partial charge is 0.392 e. The molecule has 0 spiro atoms. The van der Waals surface area contributed by atoms with Crippen molar-refractivity contribution < 1.29 is 26.3 Å². The van der Waals surface area contributed by atoms with Crippen molar-refractivity contribution in [2.24, 2.45) is 0 Å². The maximum absolute atomic E-state index is 8.96. The molecule has 0 heterocycles. The highest BCUT2D eigenvalue weighted by Gasteiger charge is 2.14. The van der Waals surface area contributed by atoms with Gasteiger partial charge in [-0.25, -0.2) is 0 Å². The van der Waals surface area contributed by atoms with E-state index in [9.17, 15) is 0 Å². The molecule has 2 rings (SSSR count). The molecule has 0 unspecified atom stereocenters. The van der Waals surface area contributed by atoms with Crippen molar-refractivity contribution in [3.8, 4) is 0 Å². The van der Waals surface area contributed by atoms with E-state index in [2.05, 4.69) is 43.3 Å². The van der Waals surface area contributed by atoms with Gasteiger partial charge in [-0.2, -0.15) is 0 Å². The number of halogens is 1. The molecule has 0 atom stereocenters. The zero-order valence-corrected chi connectivity index (χ0v) is 11.3. The van der Waals surface area contributed by atoms with Crippen LogP contribution in [-0.4, -0.2) is 5.11 Å². The lowest BCUT2D eigenvalue weighted by Gasteiger charge is -1.93. The summed E-state index contributed by atoms with van der Waals surface area (Å²) in [6.07, 6.45) is 0. The molecule has 1 N–H and O–H groups in total. The third kappa shape index (κ3) is 3.06. The van der Waals surface area contributed by atoms with Crippen molar-refractivity contribution in [2.45, 2.75) is 13.5 Å². The van der Waals surface area contributed by atoms with Crippen molar-refractivity contribution in [3.63, 3.8) is 0 Å². The van der Waals surface area contributed by atoms with Crippen LogP contribution in [0.15, 0.2) is 48.5 Å². The third-order valence-electron chi connectivity index (χ3n) is 2.32. The summed E-state index contributed by atoms with van der Waals surface area (Å²) in [4.78, 5) is 0. The first kappa shape index (κ1) is 11.6. The van der Waals surface area contributed by atoms with Gasteiger partial charge in [0.15, 0.2) is 7.14 Å². The maximum Gasteiger partial charge on any atom is 0.357 e. The Bertz CT molecular complexity index is 445. The minimum Gasteiger partial charge on any atom is -0.392 e. The molecule has 0 aliphatic rings. The van der Waals surface area contributed by atoms with Gasteiger partial charge in [-0.1, -0.05) is 29.8 Å². The third-order valence-corrected chi connectivity index (χ3v) is 5.01. The average molecular weight is 325 g/mol. The predicted octanol–water partition coefficient (Wildman–Crippen LogP) is -0.384. The summed E-state index contributed by atoms with van der Waals surface area (Å²) in [5.74, 6) is 0. The van der Waals surface area contributed by atoms with E-state index in [0.717, 1.165) is 5.56 Å². The lowest BCUT2D eigenvalue weighted by molar-refractivity contribution is -0.597. The van der Waals surface area contributed by atoms with E-state index in [0.29, 0.717) is 0 Å². The Hall–Kier alpha value is -0.870. The normalized spacial score (nSPS) is 10.4. The topological polar surface area (TPSA) is 20.2 Å². The monoisotopic (exact) mass is 325 g/mol. The fraction of sp³-hybridized carbons (Fsp3) is 0.143. The summed E-state index contributed by atoms with van der Waals surface area (Å²) in [7, 11) is 0. The summed E-state index contributed by atoms with van der Waals surface area (Å²) in [6, 6.07) is 17.0. The van der Waals surface area contributed by atoms with Gasteiger partial charge in [-0.15, -0.1) is 0 Å². The smallest absolute Gasteiger partial charge is 0.357 e. The van der Waals surface area contributed by atoms with Crippen molar-refractivity contribution >= 4 is 0 Å². The highest BCUT2D eigenvalue weighted by molar-refractivity contribution is 5.14. The molecular formula is C14H14IO+. The lowest BCUT2D eigenvalue weighted by atomic mass is 10.2. The molecule has 2 aromatic rings. The number of benzene rings is 2. The molecule has 2 aromatic carbocycles. The van der Waals surface area contributed by atoms with Crippen molar-refractivity contribution in [1.82, 2.24) is 0 Å². The van der Waals surface area contributed by atoms with Gasteiger partial charge in [-0.05, 0) is 36.8 Å². The molecular weight excluding hydrogens is 311 g/mol. The summed E-state index contributed by atoms with van der Waals surface area (Å²) in [6.45, 7) is 2.24. The molecule has 0 aliphatic carbocycles. The Labute approximate surface area is 106 Å². The highest BCUT2D eigenvalue weighted by atomic mass is 127. The molecule has 2 heteroatoms. The first-order valence-electron chi connectivity index (χ1n) is 5.19. The average Bonchev–Trinajstić information content (AvgIpc) is 2.33. The van der Waals surface area contributed by atoms with Crippen LogP contribution >= 0.6 is 0 Å². The zero-order valence-electron chi connectivity index (χ0n) is 9.15. The Balaban J connectivity index is 2.11. The number of rotatable bonds is 3. The Morgan fingerprint density at radius 3 is 1.88 bits per heavy atom. The molecule has 0 aromatic heterocycles. The number of aryl methyl sites for hydroxylation is 1. The summed E-state index contributed by atoms with van der Waals surface area (Å²) in [5, 5.41) is 8.96. The second-order valence-corrected chi connectivity index (χ2v) is 6.71. The zero-order chi connectivity index (χ0) is 11.4. The number of hydrogen-bond donors (Lipinski definition) is 1. The Morgan fingerprint density at radius 2 is 1.38 bits per heavy atom. The van der Waals surface area contributed by atoms with Crippen LogP contribution in [0.25, 0.3) is 0 Å². The standard InChI is InChI=1S/C14H14IO/c1-11-2-6-13(7-3-11)15-14-8-4-12(10-16)5-9-14/h2-9,16H,10H2,1H3/q+1. The van der Waals surface area contributed by atoms with Crippen molar-refractivity contribution in [3.05, 3.63) is 66.8 Å². The molecule has 0 amide bonds. The SMILES string of the molecule is Cc1ccc([I+]c2ccc(CO)cc2)cc1. The van der Waals surface area contributed by atoms with Crippen LogP contribution < -0.4 is 21.2 Å². The fourth-order valence-electron chi connectivity index (χ4n) is 1.38. The van der Waals surface area contributed by atoms with Crippen LogP contribution in [0.4, 0.5) is 0 Å². The van der Waals surface area contributed by atoms with Gasteiger partial charge in [0.2, 0.25) is 0 Å². The fourth-order valence-corrected chi connectivity index (χ4v) is 3.53. The Kier molecular flexibility index (Phi) is 3.96. The Morgan fingerprint density at radius 1 is 0.875 bits per heavy atom. The van der Waals surface area contributed by atoms with Crippen LogP contribution in [0.2, 0.25) is 0 Å². The second kappa shape index (κ2) is 5.46. The van der Waals surface area contributed by atoms with Gasteiger partial charge >= 0.3 is 21.2 Å². The van der Waals surface area contributed by atoms with Gasteiger partial charge < -0.3 is 5.11 Å². The van der Waals surface area contributed by atoms with Gasteiger partial charge in [0, 0.05) is 0 Å². The van der Waals surface area contributed by atoms with Gasteiger partial charge in [0.05, 0.1) is 6.61 Å². The van der Waals surface area contributed by atoms with Crippen LogP contribution in [0.1, 0.15) is 11.1 Å². The molecule has 0 fully saturated rings. The summed E-state index contributed by atoms with van der Waals surface area (Å²) < 4.78 is 2.82. The highest BCUT2D eigenvalue weighted by Crippen LogP contribution is 1.97. The minimum absolute atomic E-state index is 0.0838. The van der Waals surface area contributed by atoms with E-state index in [1.165, 1.54) is 12.7 Å². The maximum atomic E-state index is 8.96. The molecule has 0 bridgehead atoms. The summed E-state index contributed by atoms with van der Waals surface area (Å²) in [5.41, 5.74) is 2.29. The van der Waals surface area contributed by atoms with E-state index in [4.69, 9.17) is 5.11 Å². The van der Waals surface area contributed by atoms with E-state index < -0.39 is 0 Å². The predicted molar refractivity (Wildman–Crippen MR) is 60.9 cm³/mol. The van der Waals surface area contributed by atoms with E-state index in [1.807, 2.05) is 12.1 Å². The van der Waals surface area contributed by atoms with Crippen molar-refractivity contribution in [1.29, 1.82) is 0 Å². The number of aliphatic hydroxyl groups is 1. The first-order chi connectivity index (χ1) is 7.78. The lowest BCUT2D eigenvalue weighted by Crippen LogP contribution is -3.61. The van der Waals surface area contributed by atoms with Crippen LogP contribution in [0, 0.1) is 14.1 Å². The van der Waals surface area contributed by atoms with E-state index >= 15 is 0 Å². The molecule has 0 saturated heterocycles. The number of hydrogen-bond acceptors (Lipinski definition) is 1. The molecule has 82 valence electrons. The van der Waals surface area contributed by atoms with E-state index in [1.54, 1.807) is 0 Å². The van der Waals surface area contributed by atoms with Gasteiger partial charge in [-0.3, -0.25) is 0 Å². The molecule has 16 heavy (non-hydrogen) atoms. The minimum atomic E-state index is -0.0838. The molecule has 0 aliphatic heterocycles. The second-order valence-electron chi connectivity index (χ2n) is 3.67. The number of aliphatic hydroxyl groups excluding tert-OH is 1. The molecule has 0 radical (unpaired) electrons. The van der Waals surface area contributed by atoms with Crippen LogP contribution in [0.5, 0.6) is 0 Å².